The average molecular weight is 501 g/mol. The average Bonchev–Trinajstić information content (AvgIpc) is 3.26. The normalized spacial score (nSPS) is 27.6. The van der Waals surface area contributed by atoms with E-state index in [0.29, 0.717) is 25.1 Å². The molecule has 2 aromatic rings. The Labute approximate surface area is 208 Å². The van der Waals surface area contributed by atoms with Crippen molar-refractivity contribution in [3.63, 3.8) is 0 Å². The maximum absolute atomic E-state index is 12.4. The number of fused-ring (bicyclic) bond motifs is 3. The summed E-state index contributed by atoms with van der Waals surface area (Å²) in [7, 11) is -0.220. The molecule has 35 heavy (non-hydrogen) atoms. The van der Waals surface area contributed by atoms with Crippen LogP contribution in [-0.4, -0.2) is 70.2 Å². The SMILES string of the molecule is COCCS(=O)(=O)Nc1cccc(C2(OC)C3CCC2CN(CC2(O)Cc4ccccc4C2)C3)c1. The second-order valence-electron chi connectivity index (χ2n) is 10.5. The van der Waals surface area contributed by atoms with E-state index < -0.39 is 21.2 Å². The van der Waals surface area contributed by atoms with E-state index in [-0.39, 0.29) is 24.2 Å². The minimum atomic E-state index is -3.49. The summed E-state index contributed by atoms with van der Waals surface area (Å²) in [6.07, 6.45) is 3.51. The highest BCUT2D eigenvalue weighted by Gasteiger charge is 2.56. The lowest BCUT2D eigenvalue weighted by Gasteiger charge is -2.48. The van der Waals surface area contributed by atoms with Gasteiger partial charge in [0.05, 0.1) is 18.0 Å². The highest BCUT2D eigenvalue weighted by Crippen LogP contribution is 2.54. The van der Waals surface area contributed by atoms with Crippen LogP contribution in [0.3, 0.4) is 0 Å². The number of benzene rings is 2. The first-order chi connectivity index (χ1) is 16.8. The van der Waals surface area contributed by atoms with Crippen molar-refractivity contribution < 1.29 is 23.0 Å². The first kappa shape index (κ1) is 24.7. The van der Waals surface area contributed by atoms with Crippen LogP contribution < -0.4 is 4.72 Å². The van der Waals surface area contributed by atoms with Gasteiger partial charge in [0.15, 0.2) is 0 Å². The smallest absolute Gasteiger partial charge is 0.234 e. The largest absolute Gasteiger partial charge is 0.388 e. The fourth-order valence-corrected chi connectivity index (χ4v) is 7.79. The lowest BCUT2D eigenvalue weighted by Crippen LogP contribution is -2.56. The molecule has 2 aromatic carbocycles. The van der Waals surface area contributed by atoms with E-state index in [2.05, 4.69) is 27.8 Å². The number of β-amino-alcohol motifs (C(OH)–C–C–N with tert-alkyl or cyclic N) is 1. The number of hydrogen-bond donors (Lipinski definition) is 2. The van der Waals surface area contributed by atoms with Crippen LogP contribution in [0.2, 0.25) is 0 Å². The lowest BCUT2D eigenvalue weighted by atomic mass is 9.74. The van der Waals surface area contributed by atoms with E-state index >= 15 is 0 Å². The Bertz CT molecular complexity index is 1130. The highest BCUT2D eigenvalue weighted by molar-refractivity contribution is 7.92. The van der Waals surface area contributed by atoms with Crippen molar-refractivity contribution in [1.29, 1.82) is 0 Å². The van der Waals surface area contributed by atoms with Crippen molar-refractivity contribution in [1.82, 2.24) is 4.90 Å². The van der Waals surface area contributed by atoms with Gasteiger partial charge in [-0.1, -0.05) is 36.4 Å². The molecule has 2 fully saturated rings. The number of likely N-dealkylation sites (tertiary alicyclic amines) is 1. The number of ether oxygens (including phenoxy) is 2. The molecule has 0 amide bonds. The van der Waals surface area contributed by atoms with E-state index in [1.165, 1.54) is 18.2 Å². The first-order valence-electron chi connectivity index (χ1n) is 12.4. The molecule has 3 aliphatic rings. The Morgan fingerprint density at radius 3 is 2.29 bits per heavy atom. The Balaban J connectivity index is 1.33. The standard InChI is InChI=1S/C27H36N2O5S/c1-33-12-13-35(31,32)28-25-9-5-8-22(14-25)27(34-2)23-10-11-24(27)18-29(17-23)19-26(30)15-20-6-3-4-7-21(20)16-26/h3-9,14,23-24,28,30H,10-13,15-19H2,1-2H3. The molecule has 2 unspecified atom stereocenters. The molecular weight excluding hydrogens is 464 g/mol. The summed E-state index contributed by atoms with van der Waals surface area (Å²) in [6, 6.07) is 16.0. The van der Waals surface area contributed by atoms with Gasteiger partial charge in [-0.05, 0) is 41.7 Å². The number of rotatable bonds is 9. The van der Waals surface area contributed by atoms with Gasteiger partial charge in [0.2, 0.25) is 10.0 Å². The summed E-state index contributed by atoms with van der Waals surface area (Å²) >= 11 is 0. The molecule has 2 atom stereocenters. The van der Waals surface area contributed by atoms with Gasteiger partial charge in [-0.3, -0.25) is 9.62 Å². The molecule has 7 nitrogen and oxygen atoms in total. The zero-order valence-corrected chi connectivity index (χ0v) is 21.4. The lowest BCUT2D eigenvalue weighted by molar-refractivity contribution is -0.128. The summed E-state index contributed by atoms with van der Waals surface area (Å²) < 4.78 is 38.7. The van der Waals surface area contributed by atoms with Crippen LogP contribution in [0.4, 0.5) is 5.69 Å². The summed E-state index contributed by atoms with van der Waals surface area (Å²) in [5.74, 6) is 0.466. The molecule has 5 rings (SSSR count). The molecule has 1 heterocycles. The molecule has 1 aliphatic heterocycles. The topological polar surface area (TPSA) is 88.1 Å². The molecule has 0 radical (unpaired) electrons. The molecule has 2 bridgehead atoms. The second kappa shape index (κ2) is 9.48. The molecule has 190 valence electrons. The number of methoxy groups -OCH3 is 2. The fourth-order valence-electron chi connectivity index (χ4n) is 6.82. The first-order valence-corrected chi connectivity index (χ1v) is 14.1. The number of aliphatic hydroxyl groups is 1. The molecule has 2 aliphatic carbocycles. The number of anilines is 1. The van der Waals surface area contributed by atoms with Crippen LogP contribution in [0.1, 0.15) is 29.5 Å². The summed E-state index contributed by atoms with van der Waals surface area (Å²) in [6.45, 7) is 2.52. The second-order valence-corrected chi connectivity index (χ2v) is 12.3. The minimum Gasteiger partial charge on any atom is -0.388 e. The third kappa shape index (κ3) is 4.74. The monoisotopic (exact) mass is 500 g/mol. The molecule has 2 N–H and O–H groups in total. The molecule has 8 heteroatoms. The van der Waals surface area contributed by atoms with Crippen molar-refractivity contribution in [2.24, 2.45) is 11.8 Å². The van der Waals surface area contributed by atoms with Crippen LogP contribution in [0.15, 0.2) is 48.5 Å². The maximum atomic E-state index is 12.4. The Hall–Kier alpha value is -1.97. The van der Waals surface area contributed by atoms with Crippen LogP contribution in [-0.2, 0) is 37.9 Å². The van der Waals surface area contributed by atoms with E-state index in [4.69, 9.17) is 9.47 Å². The van der Waals surface area contributed by atoms with E-state index in [1.807, 2.05) is 24.3 Å². The Morgan fingerprint density at radius 1 is 1.03 bits per heavy atom. The van der Waals surface area contributed by atoms with E-state index in [9.17, 15) is 13.5 Å². The fraction of sp³-hybridized carbons (Fsp3) is 0.556. The molecular formula is C27H36N2O5S. The van der Waals surface area contributed by atoms with Gasteiger partial charge in [-0.15, -0.1) is 0 Å². The summed E-state index contributed by atoms with van der Waals surface area (Å²) in [5, 5.41) is 11.4. The van der Waals surface area contributed by atoms with Gasteiger partial charge in [0.1, 0.15) is 5.60 Å². The van der Waals surface area contributed by atoms with Crippen molar-refractivity contribution in [3.8, 4) is 0 Å². The van der Waals surface area contributed by atoms with Gasteiger partial charge in [-0.25, -0.2) is 8.42 Å². The Morgan fingerprint density at radius 2 is 1.69 bits per heavy atom. The minimum absolute atomic E-state index is 0.0872. The summed E-state index contributed by atoms with van der Waals surface area (Å²) in [5.41, 5.74) is 2.90. The number of nitrogens with one attached hydrogen (secondary N) is 1. The molecule has 0 aromatic heterocycles. The molecule has 1 saturated carbocycles. The number of piperidine rings is 1. The van der Waals surface area contributed by atoms with Crippen LogP contribution in [0.25, 0.3) is 0 Å². The van der Waals surface area contributed by atoms with Crippen molar-refractivity contribution in [2.75, 3.05) is 50.9 Å². The van der Waals surface area contributed by atoms with Gasteiger partial charge in [-0.2, -0.15) is 0 Å². The summed E-state index contributed by atoms with van der Waals surface area (Å²) in [4.78, 5) is 2.42. The number of hydrogen-bond acceptors (Lipinski definition) is 6. The number of sulfonamides is 1. The third-order valence-electron chi connectivity index (χ3n) is 8.19. The van der Waals surface area contributed by atoms with Gasteiger partial charge < -0.3 is 14.6 Å². The number of nitrogens with zero attached hydrogens (tertiary/aromatic N) is 1. The zero-order chi connectivity index (χ0) is 24.7. The van der Waals surface area contributed by atoms with Crippen LogP contribution >= 0.6 is 0 Å². The predicted octanol–water partition coefficient (Wildman–Crippen LogP) is 2.79. The van der Waals surface area contributed by atoms with E-state index in [0.717, 1.165) is 31.5 Å². The zero-order valence-electron chi connectivity index (χ0n) is 20.6. The van der Waals surface area contributed by atoms with Crippen molar-refractivity contribution in [3.05, 3.63) is 65.2 Å². The highest BCUT2D eigenvalue weighted by atomic mass is 32.2. The van der Waals surface area contributed by atoms with E-state index in [1.54, 1.807) is 13.2 Å². The maximum Gasteiger partial charge on any atom is 0.234 e. The molecule has 1 saturated heterocycles. The van der Waals surface area contributed by atoms with Gasteiger partial charge >= 0.3 is 0 Å². The Kier molecular flexibility index (Phi) is 6.70. The third-order valence-corrected chi connectivity index (χ3v) is 9.44. The van der Waals surface area contributed by atoms with Crippen LogP contribution in [0, 0.1) is 11.8 Å². The van der Waals surface area contributed by atoms with Crippen molar-refractivity contribution in [2.45, 2.75) is 36.9 Å². The predicted molar refractivity (Wildman–Crippen MR) is 136 cm³/mol. The van der Waals surface area contributed by atoms with Gasteiger partial charge in [0.25, 0.3) is 0 Å². The van der Waals surface area contributed by atoms with Crippen molar-refractivity contribution >= 4 is 15.7 Å². The quantitative estimate of drug-likeness (QED) is 0.551. The molecule has 0 spiro atoms. The van der Waals surface area contributed by atoms with Crippen LogP contribution in [0.5, 0.6) is 0 Å². The van der Waals surface area contributed by atoms with Gasteiger partial charge in [0, 0.05) is 64.2 Å².